The molecule has 0 aromatic rings. The molecule has 0 saturated carbocycles. The molecule has 288 valence electrons. The molecule has 1 saturated heterocycles. The van der Waals surface area contributed by atoms with E-state index in [4.69, 9.17) is 9.47 Å². The van der Waals surface area contributed by atoms with Gasteiger partial charge >= 0.3 is 0 Å². The van der Waals surface area contributed by atoms with E-state index in [9.17, 15) is 9.59 Å². The zero-order chi connectivity index (χ0) is 36.4. The van der Waals surface area contributed by atoms with Crippen LogP contribution in [0.5, 0.6) is 0 Å². The maximum Gasteiger partial charge on any atom is 0.290 e. The van der Waals surface area contributed by atoms with Crippen molar-refractivity contribution in [1.29, 1.82) is 0 Å². The van der Waals surface area contributed by atoms with Crippen LogP contribution < -0.4 is 0 Å². The lowest BCUT2D eigenvalue weighted by Gasteiger charge is -2.25. The highest BCUT2D eigenvalue weighted by Gasteiger charge is 2.52. The molecular formula is C45H79NO4. The summed E-state index contributed by atoms with van der Waals surface area (Å²) in [6.45, 7) is 5.85. The number of Topliss-reactive ketones (excluding diaryl/α,β-unsaturated/α-hetero) is 2. The highest BCUT2D eigenvalue weighted by molar-refractivity contribution is 6.09. The van der Waals surface area contributed by atoms with Gasteiger partial charge in [-0.1, -0.05) is 127 Å². The lowest BCUT2D eigenvalue weighted by atomic mass is 9.96. The lowest BCUT2D eigenvalue weighted by molar-refractivity contribution is -0.191. The van der Waals surface area contributed by atoms with E-state index in [1.807, 2.05) is 0 Å². The minimum Gasteiger partial charge on any atom is -0.335 e. The molecule has 0 aromatic carbocycles. The quantitative estimate of drug-likeness (QED) is 0.0375. The Labute approximate surface area is 309 Å². The van der Waals surface area contributed by atoms with Gasteiger partial charge in [-0.15, -0.1) is 0 Å². The fourth-order valence-corrected chi connectivity index (χ4v) is 6.43. The average Bonchev–Trinajstić information content (AvgIpc) is 3.55. The van der Waals surface area contributed by atoms with Gasteiger partial charge in [0, 0.05) is 12.8 Å². The Morgan fingerprint density at radius 1 is 0.560 bits per heavy atom. The van der Waals surface area contributed by atoms with Crippen molar-refractivity contribution in [3.8, 4) is 0 Å². The van der Waals surface area contributed by atoms with Crippen LogP contribution in [0.3, 0.4) is 0 Å². The van der Waals surface area contributed by atoms with Crippen LogP contribution >= 0.6 is 0 Å². The molecule has 1 aliphatic rings. The molecule has 50 heavy (non-hydrogen) atoms. The number of allylic oxidation sites excluding steroid dienone is 8. The molecule has 0 radical (unpaired) electrons. The van der Waals surface area contributed by atoms with Gasteiger partial charge < -0.3 is 14.4 Å². The Balaban J connectivity index is 2.37. The summed E-state index contributed by atoms with van der Waals surface area (Å²) >= 11 is 0. The second-order valence-electron chi connectivity index (χ2n) is 14.8. The van der Waals surface area contributed by atoms with Crippen molar-refractivity contribution in [3.63, 3.8) is 0 Å². The highest BCUT2D eigenvalue weighted by Crippen LogP contribution is 2.32. The summed E-state index contributed by atoms with van der Waals surface area (Å²) in [5.41, 5.74) is 0. The summed E-state index contributed by atoms with van der Waals surface area (Å²) in [6, 6.07) is 0. The third kappa shape index (κ3) is 24.4. The van der Waals surface area contributed by atoms with E-state index in [1.165, 1.54) is 77.0 Å². The van der Waals surface area contributed by atoms with Crippen LogP contribution in [-0.4, -0.2) is 55.6 Å². The Hall–Kier alpha value is -1.82. The van der Waals surface area contributed by atoms with Crippen LogP contribution in [0, 0.1) is 0 Å². The van der Waals surface area contributed by atoms with Crippen LogP contribution in [0.2, 0.25) is 0 Å². The zero-order valence-corrected chi connectivity index (χ0v) is 33.3. The standard InChI is InChI=1S/C45H79NO4/c1-5-7-9-11-13-15-17-19-21-23-25-27-29-31-33-38-43(47)45(49-41-42(50-45)37-35-36-40-46(3)4)44(48)39-34-32-30-28-26-24-22-20-18-16-14-12-10-8-6-2/h13-16,19-22,42H,5-12,17-18,23-41H2,1-4H3/b15-13-,16-14-,21-19-,22-20-. The maximum absolute atomic E-state index is 13.6. The smallest absolute Gasteiger partial charge is 0.290 e. The van der Waals surface area contributed by atoms with Crippen molar-refractivity contribution in [3.05, 3.63) is 48.6 Å². The Morgan fingerprint density at radius 3 is 1.42 bits per heavy atom. The van der Waals surface area contributed by atoms with Crippen molar-refractivity contribution in [2.24, 2.45) is 0 Å². The van der Waals surface area contributed by atoms with Crippen LogP contribution in [0.1, 0.15) is 187 Å². The lowest BCUT2D eigenvalue weighted by Crippen LogP contribution is -2.48. The van der Waals surface area contributed by atoms with Crippen LogP contribution in [0.15, 0.2) is 48.6 Å². The van der Waals surface area contributed by atoms with Gasteiger partial charge in [-0.3, -0.25) is 9.59 Å². The van der Waals surface area contributed by atoms with Crippen molar-refractivity contribution in [1.82, 2.24) is 4.90 Å². The topological polar surface area (TPSA) is 55.8 Å². The molecule has 1 atom stereocenters. The van der Waals surface area contributed by atoms with Crippen LogP contribution in [0.25, 0.3) is 0 Å². The number of carbonyl (C=O) groups excluding carboxylic acids is 2. The molecule has 1 aliphatic heterocycles. The second kappa shape index (κ2) is 33.0. The van der Waals surface area contributed by atoms with Crippen LogP contribution in [0.4, 0.5) is 0 Å². The van der Waals surface area contributed by atoms with E-state index in [0.717, 1.165) is 90.0 Å². The number of carbonyl (C=O) groups is 2. The van der Waals surface area contributed by atoms with Crippen molar-refractivity contribution in [2.75, 3.05) is 27.2 Å². The third-order valence-electron chi connectivity index (χ3n) is 9.63. The summed E-state index contributed by atoms with van der Waals surface area (Å²) in [7, 11) is 4.16. The van der Waals surface area contributed by atoms with Crippen molar-refractivity contribution in [2.45, 2.75) is 199 Å². The Morgan fingerprint density at radius 2 is 0.980 bits per heavy atom. The van der Waals surface area contributed by atoms with Crippen molar-refractivity contribution < 1.29 is 19.1 Å². The second-order valence-corrected chi connectivity index (χ2v) is 14.8. The number of rotatable bonds is 35. The van der Waals surface area contributed by atoms with Gasteiger partial charge in [0.25, 0.3) is 5.79 Å². The monoisotopic (exact) mass is 698 g/mol. The first-order valence-electron chi connectivity index (χ1n) is 21.1. The summed E-state index contributed by atoms with van der Waals surface area (Å²) in [5.74, 6) is -1.99. The molecule has 1 rings (SSSR count). The van der Waals surface area contributed by atoms with Gasteiger partial charge in [-0.2, -0.15) is 0 Å². The normalized spacial score (nSPS) is 16.4. The molecule has 0 spiro atoms. The average molecular weight is 698 g/mol. The summed E-state index contributed by atoms with van der Waals surface area (Å²) in [5, 5.41) is 0. The van der Waals surface area contributed by atoms with Gasteiger partial charge in [0.2, 0.25) is 0 Å². The first-order chi connectivity index (χ1) is 24.5. The number of nitrogens with zero attached hydrogens (tertiary/aromatic N) is 1. The molecule has 0 aromatic heterocycles. The predicted molar refractivity (Wildman–Crippen MR) is 215 cm³/mol. The molecule has 1 fully saturated rings. The molecule has 5 nitrogen and oxygen atoms in total. The molecule has 0 bridgehead atoms. The molecule has 0 N–H and O–H groups in total. The molecule has 0 aliphatic carbocycles. The SMILES string of the molecule is CCCCC/C=C\C/C=C\CCCCCCCC(=O)C1(C(=O)CCCCCCC/C=C\C/C=C\CCCCC)OCC(CCCCN(C)C)O1. The van der Waals surface area contributed by atoms with Gasteiger partial charge in [0.1, 0.15) is 0 Å². The Kier molecular flexibility index (Phi) is 30.5. The molecular weight excluding hydrogens is 618 g/mol. The first kappa shape index (κ1) is 46.2. The predicted octanol–water partition coefficient (Wildman–Crippen LogP) is 12.6. The maximum atomic E-state index is 13.6. The zero-order valence-electron chi connectivity index (χ0n) is 33.3. The number of hydrogen-bond donors (Lipinski definition) is 0. The number of hydrogen-bond acceptors (Lipinski definition) is 5. The minimum atomic E-state index is -1.67. The summed E-state index contributed by atoms with van der Waals surface area (Å²) in [4.78, 5) is 29.3. The number of ether oxygens (including phenoxy) is 2. The van der Waals surface area contributed by atoms with Gasteiger partial charge in [0.05, 0.1) is 12.7 Å². The third-order valence-corrected chi connectivity index (χ3v) is 9.63. The van der Waals surface area contributed by atoms with Gasteiger partial charge in [-0.05, 0) is 117 Å². The fraction of sp³-hybridized carbons (Fsp3) is 0.778. The highest BCUT2D eigenvalue weighted by atomic mass is 16.8. The largest absolute Gasteiger partial charge is 0.335 e. The number of unbranched alkanes of at least 4 members (excludes halogenated alkanes) is 17. The van der Waals surface area contributed by atoms with Gasteiger partial charge in [0.15, 0.2) is 11.6 Å². The van der Waals surface area contributed by atoms with E-state index < -0.39 is 5.79 Å². The summed E-state index contributed by atoms with van der Waals surface area (Å²) in [6.07, 6.45) is 46.8. The van der Waals surface area contributed by atoms with E-state index in [1.54, 1.807) is 0 Å². The Bertz CT molecular complexity index is 875. The molecule has 0 amide bonds. The molecule has 5 heteroatoms. The minimum absolute atomic E-state index is 0.161. The van der Waals surface area contributed by atoms with E-state index >= 15 is 0 Å². The van der Waals surface area contributed by atoms with Crippen LogP contribution in [-0.2, 0) is 19.1 Å². The van der Waals surface area contributed by atoms with Gasteiger partial charge in [-0.25, -0.2) is 0 Å². The number of ketones is 2. The molecule has 1 heterocycles. The van der Waals surface area contributed by atoms with Crippen molar-refractivity contribution >= 4 is 11.6 Å². The summed E-state index contributed by atoms with van der Waals surface area (Å²) < 4.78 is 12.3. The first-order valence-corrected chi connectivity index (χ1v) is 21.1. The van der Waals surface area contributed by atoms with E-state index in [0.29, 0.717) is 19.4 Å². The van der Waals surface area contributed by atoms with E-state index in [-0.39, 0.29) is 17.7 Å². The fourth-order valence-electron chi connectivity index (χ4n) is 6.43. The molecule has 1 unspecified atom stereocenters. The van der Waals surface area contributed by atoms with E-state index in [2.05, 4.69) is 81.5 Å².